The van der Waals surface area contributed by atoms with Gasteiger partial charge in [-0.3, -0.25) is 0 Å². The summed E-state index contributed by atoms with van der Waals surface area (Å²) >= 11 is 5.78. The molecule has 1 rings (SSSR count). The molecule has 0 saturated carbocycles. The highest BCUT2D eigenvalue weighted by atomic mass is 35.5. The smallest absolute Gasteiger partial charge is 0.207 e. The summed E-state index contributed by atoms with van der Waals surface area (Å²) in [4.78, 5) is 0.101. The van der Waals surface area contributed by atoms with Crippen LogP contribution in [-0.4, -0.2) is 31.2 Å². The highest BCUT2D eigenvalue weighted by Gasteiger charge is 2.34. The topological polar surface area (TPSA) is 37.4 Å². The van der Waals surface area contributed by atoms with Crippen molar-refractivity contribution < 1.29 is 12.8 Å². The molecule has 0 aliphatic heterocycles. The van der Waals surface area contributed by atoms with Crippen LogP contribution < -0.4 is 0 Å². The minimum Gasteiger partial charge on any atom is -0.207 e. The number of hydrogen-bond acceptors (Lipinski definition) is 2. The van der Waals surface area contributed by atoms with Crippen molar-refractivity contribution >= 4 is 21.6 Å². The maximum Gasteiger partial charge on any atom is 0.243 e. The summed E-state index contributed by atoms with van der Waals surface area (Å²) < 4.78 is 39.1. The van der Waals surface area contributed by atoms with Gasteiger partial charge in [0.25, 0.3) is 0 Å². The third-order valence-electron chi connectivity index (χ3n) is 2.95. The van der Waals surface area contributed by atoms with E-state index < -0.39 is 21.4 Å². The Morgan fingerprint density at radius 2 is 1.94 bits per heavy atom. The molecule has 6 heteroatoms. The monoisotopic (exact) mass is 293 g/mol. The van der Waals surface area contributed by atoms with E-state index in [-0.39, 0.29) is 10.8 Å². The first-order valence-corrected chi connectivity index (χ1v) is 7.41. The lowest BCUT2D eigenvalue weighted by molar-refractivity contribution is 0.296. The first-order valence-electron chi connectivity index (χ1n) is 5.44. The predicted octanol–water partition coefficient (Wildman–Crippen LogP) is 2.77. The van der Waals surface area contributed by atoms with Crippen LogP contribution in [0.4, 0.5) is 4.39 Å². The lowest BCUT2D eigenvalue weighted by Gasteiger charge is -2.33. The van der Waals surface area contributed by atoms with Crippen molar-refractivity contribution in [2.75, 3.05) is 12.9 Å². The van der Waals surface area contributed by atoms with E-state index in [4.69, 9.17) is 11.6 Å². The number of halogens is 2. The molecule has 1 aromatic carbocycles. The largest absolute Gasteiger partial charge is 0.243 e. The van der Waals surface area contributed by atoms with Crippen LogP contribution in [0.15, 0.2) is 23.1 Å². The number of rotatable bonds is 4. The second-order valence-electron chi connectivity index (χ2n) is 4.83. The van der Waals surface area contributed by atoms with Crippen molar-refractivity contribution in [3.05, 3.63) is 29.6 Å². The minimum absolute atomic E-state index is 0.101. The molecule has 0 heterocycles. The average Bonchev–Trinajstić information content (AvgIpc) is 2.27. The van der Waals surface area contributed by atoms with E-state index in [9.17, 15) is 12.8 Å². The van der Waals surface area contributed by atoms with Crippen LogP contribution in [0, 0.1) is 12.7 Å². The highest BCUT2D eigenvalue weighted by Crippen LogP contribution is 2.26. The zero-order chi connectivity index (χ0) is 14.1. The van der Waals surface area contributed by atoms with Gasteiger partial charge in [-0.2, -0.15) is 4.31 Å². The van der Waals surface area contributed by atoms with E-state index in [1.807, 2.05) is 0 Å². The normalized spacial score (nSPS) is 13.1. The molecule has 0 atom stereocenters. The van der Waals surface area contributed by atoms with Crippen LogP contribution in [-0.2, 0) is 10.0 Å². The van der Waals surface area contributed by atoms with Crippen LogP contribution in [0.25, 0.3) is 0 Å². The van der Waals surface area contributed by atoms with Crippen molar-refractivity contribution in [3.63, 3.8) is 0 Å². The van der Waals surface area contributed by atoms with E-state index in [0.717, 1.165) is 6.07 Å². The van der Waals surface area contributed by atoms with E-state index in [0.29, 0.717) is 5.56 Å². The zero-order valence-corrected chi connectivity index (χ0v) is 12.4. The molecule has 0 amide bonds. The summed E-state index contributed by atoms with van der Waals surface area (Å²) in [5.74, 6) is -0.283. The summed E-state index contributed by atoms with van der Waals surface area (Å²) in [5, 5.41) is 0. The first-order chi connectivity index (χ1) is 8.13. The molecule has 0 aliphatic rings. The van der Waals surface area contributed by atoms with Gasteiger partial charge in [-0.25, -0.2) is 12.8 Å². The van der Waals surface area contributed by atoms with Crippen LogP contribution >= 0.6 is 11.6 Å². The summed E-state index contributed by atoms with van der Waals surface area (Å²) in [6, 6.07) is 3.62. The molecule has 0 aliphatic carbocycles. The molecule has 102 valence electrons. The van der Waals surface area contributed by atoms with Crippen LogP contribution in [0.3, 0.4) is 0 Å². The quantitative estimate of drug-likeness (QED) is 0.801. The zero-order valence-electron chi connectivity index (χ0n) is 10.9. The van der Waals surface area contributed by atoms with Gasteiger partial charge in [0.1, 0.15) is 5.82 Å². The second kappa shape index (κ2) is 5.15. The van der Waals surface area contributed by atoms with Crippen LogP contribution in [0.1, 0.15) is 19.4 Å². The molecule has 0 unspecified atom stereocenters. The fourth-order valence-corrected chi connectivity index (χ4v) is 3.43. The molecule has 0 fully saturated rings. The lowest BCUT2D eigenvalue weighted by atomic mass is 10.1. The van der Waals surface area contributed by atoms with Gasteiger partial charge >= 0.3 is 0 Å². The predicted molar refractivity (Wildman–Crippen MR) is 70.9 cm³/mol. The maximum atomic E-state index is 13.0. The first kappa shape index (κ1) is 15.4. The Labute approximate surface area is 113 Å². The number of aryl methyl sites for hydroxylation is 1. The van der Waals surface area contributed by atoms with Crippen molar-refractivity contribution in [2.24, 2.45) is 0 Å². The fourth-order valence-electron chi connectivity index (χ4n) is 1.46. The fraction of sp³-hybridized carbons (Fsp3) is 0.500. The summed E-state index contributed by atoms with van der Waals surface area (Å²) in [7, 11) is -2.20. The van der Waals surface area contributed by atoms with Gasteiger partial charge in [-0.1, -0.05) is 0 Å². The van der Waals surface area contributed by atoms with E-state index in [2.05, 4.69) is 0 Å². The molecule has 0 radical (unpaired) electrons. The van der Waals surface area contributed by atoms with E-state index in [1.54, 1.807) is 20.8 Å². The molecule has 3 nitrogen and oxygen atoms in total. The van der Waals surface area contributed by atoms with E-state index >= 15 is 0 Å². The summed E-state index contributed by atoms with van der Waals surface area (Å²) in [6.07, 6.45) is 0. The minimum atomic E-state index is -3.67. The molecule has 0 aromatic heterocycles. The van der Waals surface area contributed by atoms with Gasteiger partial charge in [0.2, 0.25) is 10.0 Å². The van der Waals surface area contributed by atoms with Crippen LogP contribution in [0.2, 0.25) is 0 Å². The molecule has 0 bridgehead atoms. The lowest BCUT2D eigenvalue weighted by Crippen LogP contribution is -2.46. The number of benzene rings is 1. The number of sulfonamides is 1. The van der Waals surface area contributed by atoms with Gasteiger partial charge in [0, 0.05) is 18.5 Å². The van der Waals surface area contributed by atoms with Crippen molar-refractivity contribution in [2.45, 2.75) is 31.2 Å². The van der Waals surface area contributed by atoms with Crippen LogP contribution in [0.5, 0.6) is 0 Å². The van der Waals surface area contributed by atoms with Gasteiger partial charge in [-0.05, 0) is 44.5 Å². The maximum absolute atomic E-state index is 13.0. The summed E-state index contributed by atoms with van der Waals surface area (Å²) in [6.45, 7) is 5.03. The Balaban J connectivity index is 3.30. The number of alkyl halides is 1. The third-order valence-corrected chi connectivity index (χ3v) is 5.84. The molecule has 0 saturated heterocycles. The Morgan fingerprint density at radius 1 is 1.39 bits per heavy atom. The molecule has 18 heavy (non-hydrogen) atoms. The van der Waals surface area contributed by atoms with Crippen molar-refractivity contribution in [1.29, 1.82) is 0 Å². The van der Waals surface area contributed by atoms with Gasteiger partial charge in [0.05, 0.1) is 4.90 Å². The van der Waals surface area contributed by atoms with Gasteiger partial charge in [-0.15, -0.1) is 11.6 Å². The SMILES string of the molecule is Cc1cc(F)ccc1S(=O)(=O)N(C)C(C)(C)CCl. The van der Waals surface area contributed by atoms with E-state index in [1.165, 1.54) is 23.5 Å². The molecule has 0 N–H and O–H groups in total. The van der Waals surface area contributed by atoms with Gasteiger partial charge in [0.15, 0.2) is 0 Å². The Hall–Kier alpha value is -0.650. The van der Waals surface area contributed by atoms with Crippen molar-refractivity contribution in [3.8, 4) is 0 Å². The molecular formula is C12H17ClFNO2S. The van der Waals surface area contributed by atoms with Crippen molar-refractivity contribution in [1.82, 2.24) is 4.31 Å². The summed E-state index contributed by atoms with van der Waals surface area (Å²) in [5.41, 5.74) is -0.325. The molecule has 1 aromatic rings. The number of nitrogens with zero attached hydrogens (tertiary/aromatic N) is 1. The molecule has 0 spiro atoms. The Kier molecular flexibility index (Phi) is 4.41. The Morgan fingerprint density at radius 3 is 2.39 bits per heavy atom. The molecular weight excluding hydrogens is 277 g/mol. The standard InChI is InChI=1S/C12H17ClFNO2S/c1-9-7-10(14)5-6-11(9)18(16,17)15(4)12(2,3)8-13/h5-7H,8H2,1-4H3. The third kappa shape index (κ3) is 2.84. The highest BCUT2D eigenvalue weighted by molar-refractivity contribution is 7.89. The Bertz CT molecular complexity index is 543. The second-order valence-corrected chi connectivity index (χ2v) is 7.03. The number of hydrogen-bond donors (Lipinski definition) is 0. The van der Waals surface area contributed by atoms with Gasteiger partial charge < -0.3 is 0 Å². The average molecular weight is 294 g/mol.